The van der Waals surface area contributed by atoms with Gasteiger partial charge in [0.1, 0.15) is 5.82 Å². The zero-order valence-corrected chi connectivity index (χ0v) is 17.9. The van der Waals surface area contributed by atoms with Gasteiger partial charge < -0.3 is 0 Å². The lowest BCUT2D eigenvalue weighted by molar-refractivity contribution is 0.451. The van der Waals surface area contributed by atoms with Crippen molar-refractivity contribution in [3.63, 3.8) is 0 Å². The third kappa shape index (κ3) is 4.55. The molecule has 0 atom stereocenters. The Bertz CT molecular complexity index is 1230. The van der Waals surface area contributed by atoms with E-state index in [0.29, 0.717) is 11.1 Å². The number of halogens is 4. The zero-order valence-electron chi connectivity index (χ0n) is 17.9. The molecule has 0 N–H and O–H groups in total. The minimum absolute atomic E-state index is 0.0185. The first-order chi connectivity index (χ1) is 15.5. The van der Waals surface area contributed by atoms with Gasteiger partial charge in [-0.1, -0.05) is 74.7 Å². The van der Waals surface area contributed by atoms with Crippen LogP contribution in [0.15, 0.2) is 66.7 Å². The van der Waals surface area contributed by atoms with Crippen molar-refractivity contribution in [3.05, 3.63) is 95.6 Å². The Balaban J connectivity index is 1.56. The molecule has 0 aliphatic heterocycles. The highest BCUT2D eigenvalue weighted by Gasteiger charge is 2.18. The van der Waals surface area contributed by atoms with E-state index in [2.05, 4.69) is 31.2 Å². The molecule has 164 valence electrons. The molecule has 0 unspecified atom stereocenters. The average molecular weight is 436 g/mol. The van der Waals surface area contributed by atoms with Gasteiger partial charge in [-0.3, -0.25) is 0 Å². The van der Waals surface area contributed by atoms with Gasteiger partial charge in [0.15, 0.2) is 17.5 Å². The minimum atomic E-state index is -1.67. The molecular weight excluding hydrogens is 412 g/mol. The van der Waals surface area contributed by atoms with Crippen LogP contribution in [0.1, 0.15) is 38.2 Å². The molecule has 32 heavy (non-hydrogen) atoms. The van der Waals surface area contributed by atoms with Crippen LogP contribution in [0.2, 0.25) is 0 Å². The van der Waals surface area contributed by atoms with Crippen LogP contribution in [0.25, 0.3) is 33.0 Å². The molecule has 0 saturated heterocycles. The van der Waals surface area contributed by atoms with Crippen molar-refractivity contribution in [1.29, 1.82) is 0 Å². The fourth-order valence-electron chi connectivity index (χ4n) is 4.03. The highest BCUT2D eigenvalue weighted by atomic mass is 19.2. The Morgan fingerprint density at radius 1 is 0.562 bits per heavy atom. The van der Waals surface area contributed by atoms with Gasteiger partial charge in [-0.15, -0.1) is 0 Å². The fourth-order valence-corrected chi connectivity index (χ4v) is 4.03. The van der Waals surface area contributed by atoms with Crippen LogP contribution in [0.3, 0.4) is 0 Å². The summed E-state index contributed by atoms with van der Waals surface area (Å²) in [6, 6.07) is 19.5. The number of hydrogen-bond donors (Lipinski definition) is 0. The summed E-state index contributed by atoms with van der Waals surface area (Å²) in [5.74, 6) is -5.43. The Morgan fingerprint density at radius 2 is 1.16 bits per heavy atom. The van der Waals surface area contributed by atoms with Crippen LogP contribution >= 0.6 is 0 Å². The van der Waals surface area contributed by atoms with Crippen LogP contribution < -0.4 is 0 Å². The maximum absolute atomic E-state index is 14.5. The number of benzene rings is 4. The molecular formula is C28H24F4. The molecule has 4 heteroatoms. The van der Waals surface area contributed by atoms with Crippen molar-refractivity contribution in [2.75, 3.05) is 0 Å². The van der Waals surface area contributed by atoms with Crippen LogP contribution in [0.4, 0.5) is 17.6 Å². The van der Waals surface area contributed by atoms with E-state index in [-0.39, 0.29) is 5.39 Å². The van der Waals surface area contributed by atoms with Crippen LogP contribution in [0, 0.1) is 23.3 Å². The number of rotatable bonds is 7. The highest BCUT2D eigenvalue weighted by molar-refractivity contribution is 5.89. The third-order valence-electron chi connectivity index (χ3n) is 5.85. The normalized spacial score (nSPS) is 11.3. The Kier molecular flexibility index (Phi) is 6.59. The van der Waals surface area contributed by atoms with Crippen LogP contribution in [0.5, 0.6) is 0 Å². The fraction of sp³-hybridized carbons (Fsp3) is 0.214. The van der Waals surface area contributed by atoms with Gasteiger partial charge >= 0.3 is 0 Å². The Hall–Kier alpha value is -3.14. The summed E-state index contributed by atoms with van der Waals surface area (Å²) in [5, 5.41) is -0.561. The van der Waals surface area contributed by atoms with Gasteiger partial charge in [-0.2, -0.15) is 0 Å². The lowest BCUT2D eigenvalue weighted by Crippen LogP contribution is -1.95. The molecule has 0 radical (unpaired) electrons. The number of unbranched alkanes of at least 4 members (excludes halogenated alkanes) is 3. The van der Waals surface area contributed by atoms with E-state index >= 15 is 0 Å². The molecule has 0 aliphatic carbocycles. The van der Waals surface area contributed by atoms with Crippen molar-refractivity contribution >= 4 is 10.8 Å². The lowest BCUT2D eigenvalue weighted by atomic mass is 9.97. The van der Waals surface area contributed by atoms with E-state index in [1.54, 1.807) is 0 Å². The summed E-state index contributed by atoms with van der Waals surface area (Å²) in [5.41, 5.74) is 4.59. The van der Waals surface area contributed by atoms with Crippen molar-refractivity contribution in [2.24, 2.45) is 0 Å². The second kappa shape index (κ2) is 9.56. The minimum Gasteiger partial charge on any atom is -0.206 e. The third-order valence-corrected chi connectivity index (χ3v) is 5.85. The molecule has 0 aliphatic rings. The molecule has 4 aromatic rings. The summed E-state index contributed by atoms with van der Waals surface area (Å²) >= 11 is 0. The molecule has 0 fully saturated rings. The smallest absolute Gasteiger partial charge is 0.195 e. The standard InChI is InChI=1S/C28H24F4/c1-2-3-4-5-6-18-7-9-19(10-8-18)20-11-13-21(14-12-20)22-15-23-17-25(30)27(31)28(32)26(23)24(29)16-22/h7-17H,2-6H2,1H3. The molecule has 4 aromatic carbocycles. The van der Waals surface area contributed by atoms with Crippen molar-refractivity contribution in [2.45, 2.75) is 39.0 Å². The molecule has 0 nitrogen and oxygen atoms in total. The summed E-state index contributed by atoms with van der Waals surface area (Å²) in [7, 11) is 0. The van der Waals surface area contributed by atoms with E-state index in [4.69, 9.17) is 0 Å². The number of fused-ring (bicyclic) bond motifs is 1. The second-order valence-corrected chi connectivity index (χ2v) is 8.13. The van der Waals surface area contributed by atoms with Gasteiger partial charge in [0.2, 0.25) is 0 Å². The van der Waals surface area contributed by atoms with E-state index < -0.39 is 28.7 Å². The summed E-state index contributed by atoms with van der Waals surface area (Å²) in [4.78, 5) is 0. The molecule has 0 amide bonds. The van der Waals surface area contributed by atoms with Gasteiger partial charge in [0.25, 0.3) is 0 Å². The SMILES string of the molecule is CCCCCCc1ccc(-c2ccc(-c3cc(F)c4c(F)c(F)c(F)cc4c3)cc2)cc1. The predicted octanol–water partition coefficient (Wildman–Crippen LogP) is 8.85. The zero-order chi connectivity index (χ0) is 22.7. The molecule has 0 aromatic heterocycles. The number of aryl methyl sites for hydroxylation is 1. The van der Waals surface area contributed by atoms with Crippen molar-refractivity contribution in [1.82, 2.24) is 0 Å². The van der Waals surface area contributed by atoms with Gasteiger partial charge in [-0.25, -0.2) is 17.6 Å². The molecule has 0 bridgehead atoms. The quantitative estimate of drug-likeness (QED) is 0.154. The van der Waals surface area contributed by atoms with E-state index in [9.17, 15) is 17.6 Å². The summed E-state index contributed by atoms with van der Waals surface area (Å²) in [6.07, 6.45) is 6.03. The topological polar surface area (TPSA) is 0 Å². The Morgan fingerprint density at radius 3 is 1.78 bits per heavy atom. The molecule has 0 spiro atoms. The van der Waals surface area contributed by atoms with Crippen LogP contribution in [-0.2, 0) is 6.42 Å². The first-order valence-electron chi connectivity index (χ1n) is 10.9. The molecule has 0 saturated carbocycles. The highest BCUT2D eigenvalue weighted by Crippen LogP contribution is 2.32. The second-order valence-electron chi connectivity index (χ2n) is 8.13. The first-order valence-corrected chi connectivity index (χ1v) is 10.9. The average Bonchev–Trinajstić information content (AvgIpc) is 2.80. The predicted molar refractivity (Wildman–Crippen MR) is 122 cm³/mol. The van der Waals surface area contributed by atoms with E-state index in [1.165, 1.54) is 37.3 Å². The maximum atomic E-state index is 14.5. The maximum Gasteiger partial charge on any atom is 0.195 e. The van der Waals surface area contributed by atoms with Crippen molar-refractivity contribution < 1.29 is 17.6 Å². The molecule has 4 rings (SSSR count). The first kappa shape index (κ1) is 22.1. The van der Waals surface area contributed by atoms with Crippen LogP contribution in [-0.4, -0.2) is 0 Å². The largest absolute Gasteiger partial charge is 0.206 e. The van der Waals surface area contributed by atoms with Gasteiger partial charge in [0.05, 0.1) is 5.39 Å². The van der Waals surface area contributed by atoms with Gasteiger partial charge in [0, 0.05) is 0 Å². The van der Waals surface area contributed by atoms with E-state index in [1.807, 2.05) is 24.3 Å². The lowest BCUT2D eigenvalue weighted by Gasteiger charge is -2.09. The monoisotopic (exact) mass is 436 g/mol. The van der Waals surface area contributed by atoms with E-state index in [0.717, 1.165) is 29.7 Å². The Labute approximate surface area is 185 Å². The summed E-state index contributed by atoms with van der Waals surface area (Å²) in [6.45, 7) is 2.21. The summed E-state index contributed by atoms with van der Waals surface area (Å²) < 4.78 is 55.5. The van der Waals surface area contributed by atoms with Gasteiger partial charge in [-0.05, 0) is 64.2 Å². The molecule has 0 heterocycles. The van der Waals surface area contributed by atoms with Crippen molar-refractivity contribution in [3.8, 4) is 22.3 Å². The number of hydrogen-bond acceptors (Lipinski definition) is 0.